The first kappa shape index (κ1) is 38.2. The molecule has 4 atom stereocenters. The lowest BCUT2D eigenvalue weighted by atomic mass is 9.72. The molecule has 0 radical (unpaired) electrons. The van der Waals surface area contributed by atoms with E-state index in [-0.39, 0.29) is 0 Å². The van der Waals surface area contributed by atoms with Gasteiger partial charge in [-0.2, -0.15) is 0 Å². The minimum Gasteiger partial charge on any atom is -0.0622 e. The average Bonchev–Trinajstić information content (AvgIpc) is 3.28. The van der Waals surface area contributed by atoms with Crippen LogP contribution >= 0.6 is 0 Å². The van der Waals surface area contributed by atoms with Gasteiger partial charge in [-0.15, -0.1) is 0 Å². The van der Waals surface area contributed by atoms with Crippen molar-refractivity contribution < 1.29 is 0 Å². The molecule has 8 aromatic rings. The second-order valence-corrected chi connectivity index (χ2v) is 16.2. The van der Waals surface area contributed by atoms with Crippen molar-refractivity contribution >= 4 is 21.5 Å². The molecule has 0 saturated carbocycles. The molecule has 8 rings (SSSR count). The van der Waals surface area contributed by atoms with E-state index in [0.717, 1.165) is 25.7 Å². The molecule has 0 bridgehead atoms. The fraction of sp³-hybridized carbons (Fsp3) is 0.228. The van der Waals surface area contributed by atoms with Crippen LogP contribution in [-0.4, -0.2) is 0 Å². The van der Waals surface area contributed by atoms with E-state index in [0.29, 0.717) is 23.7 Å². The summed E-state index contributed by atoms with van der Waals surface area (Å²) >= 11 is 0. The van der Waals surface area contributed by atoms with Gasteiger partial charge >= 0.3 is 0 Å². The van der Waals surface area contributed by atoms with E-state index in [1.807, 2.05) is 0 Å². The van der Waals surface area contributed by atoms with Crippen molar-refractivity contribution in [1.82, 2.24) is 0 Å². The van der Waals surface area contributed by atoms with Crippen LogP contribution in [0.5, 0.6) is 0 Å². The van der Waals surface area contributed by atoms with Gasteiger partial charge in [0.15, 0.2) is 0 Å². The van der Waals surface area contributed by atoms with Gasteiger partial charge in [-0.3, -0.25) is 0 Å². The van der Waals surface area contributed by atoms with Crippen molar-refractivity contribution in [2.24, 2.45) is 5.92 Å². The van der Waals surface area contributed by atoms with E-state index < -0.39 is 0 Å². The zero-order chi connectivity index (χ0) is 38.5. The first-order chi connectivity index (χ1) is 28.3. The lowest BCUT2D eigenvalue weighted by Gasteiger charge is -2.32. The molecule has 0 saturated heterocycles. The predicted octanol–water partition coefficient (Wildman–Crippen LogP) is 15.3. The second kappa shape index (κ2) is 19.4. The fourth-order valence-electron chi connectivity index (χ4n) is 9.65. The van der Waals surface area contributed by atoms with Gasteiger partial charge in [0.05, 0.1) is 0 Å². The van der Waals surface area contributed by atoms with Crippen LogP contribution in [0, 0.1) is 5.92 Å². The molecule has 0 heterocycles. The monoisotopic (exact) mass is 740 g/mol. The zero-order valence-electron chi connectivity index (χ0n) is 33.3. The lowest BCUT2D eigenvalue weighted by Crippen LogP contribution is -2.18. The molecular formula is C57H56. The van der Waals surface area contributed by atoms with Crippen molar-refractivity contribution in [3.05, 3.63) is 240 Å². The highest BCUT2D eigenvalue weighted by Crippen LogP contribution is 2.44. The SMILES string of the molecule is c1ccc(CCCC(c2ccccc2)C(CCCC(c2ccccc2)C(Cc2ccc3ccccc3c2)c2cccc3ccccc23)CCc2ccccc2)cc1. The molecule has 0 spiro atoms. The molecule has 0 aliphatic rings. The normalized spacial score (nSPS) is 13.6. The maximum Gasteiger partial charge on any atom is -0.00465 e. The molecule has 0 amide bonds. The van der Waals surface area contributed by atoms with Gasteiger partial charge in [0.2, 0.25) is 0 Å². The molecule has 284 valence electrons. The summed E-state index contributed by atoms with van der Waals surface area (Å²) in [4.78, 5) is 0. The summed E-state index contributed by atoms with van der Waals surface area (Å²) in [5.74, 6) is 1.83. The molecule has 0 N–H and O–H groups in total. The van der Waals surface area contributed by atoms with Crippen LogP contribution in [0.1, 0.15) is 89.7 Å². The summed E-state index contributed by atoms with van der Waals surface area (Å²) in [5.41, 5.74) is 8.75. The van der Waals surface area contributed by atoms with Crippen molar-refractivity contribution in [1.29, 1.82) is 0 Å². The van der Waals surface area contributed by atoms with Gasteiger partial charge in [-0.1, -0.05) is 213 Å². The molecule has 0 aliphatic heterocycles. The summed E-state index contributed by atoms with van der Waals surface area (Å²) in [6, 6.07) is 77.1. The number of aryl methyl sites for hydroxylation is 2. The topological polar surface area (TPSA) is 0 Å². The summed E-state index contributed by atoms with van der Waals surface area (Å²) in [7, 11) is 0. The van der Waals surface area contributed by atoms with Crippen LogP contribution in [0.3, 0.4) is 0 Å². The highest BCUT2D eigenvalue weighted by atomic mass is 14.3. The molecule has 0 aliphatic carbocycles. The molecule has 0 fully saturated rings. The third kappa shape index (κ3) is 10.00. The Labute approximate surface area is 341 Å². The van der Waals surface area contributed by atoms with Gasteiger partial charge in [-0.25, -0.2) is 0 Å². The average molecular weight is 741 g/mol. The van der Waals surface area contributed by atoms with Crippen LogP contribution in [0.15, 0.2) is 206 Å². The van der Waals surface area contributed by atoms with Crippen molar-refractivity contribution in [3.8, 4) is 0 Å². The molecule has 0 aromatic heterocycles. The van der Waals surface area contributed by atoms with Gasteiger partial charge in [0.25, 0.3) is 0 Å². The molecular weight excluding hydrogens is 685 g/mol. The zero-order valence-corrected chi connectivity index (χ0v) is 33.3. The third-order valence-corrected chi connectivity index (χ3v) is 12.6. The second-order valence-electron chi connectivity index (χ2n) is 16.2. The Balaban J connectivity index is 1.12. The number of rotatable bonds is 18. The first-order valence-corrected chi connectivity index (χ1v) is 21.4. The maximum absolute atomic E-state index is 2.44. The van der Waals surface area contributed by atoms with E-state index in [1.165, 1.54) is 87.0 Å². The van der Waals surface area contributed by atoms with Gasteiger partial charge in [0.1, 0.15) is 0 Å². The predicted molar refractivity (Wildman–Crippen MR) is 244 cm³/mol. The molecule has 0 nitrogen and oxygen atoms in total. The fourth-order valence-corrected chi connectivity index (χ4v) is 9.65. The van der Waals surface area contributed by atoms with Crippen LogP contribution < -0.4 is 0 Å². The number of fused-ring (bicyclic) bond motifs is 2. The Kier molecular flexibility index (Phi) is 13.0. The number of benzene rings is 8. The smallest absolute Gasteiger partial charge is 0.00465 e. The highest BCUT2D eigenvalue weighted by Gasteiger charge is 2.29. The van der Waals surface area contributed by atoms with E-state index in [9.17, 15) is 0 Å². The lowest BCUT2D eigenvalue weighted by molar-refractivity contribution is 0.328. The van der Waals surface area contributed by atoms with Gasteiger partial charge in [0, 0.05) is 0 Å². The summed E-state index contributed by atoms with van der Waals surface area (Å²) < 4.78 is 0. The van der Waals surface area contributed by atoms with Crippen LogP contribution in [0.2, 0.25) is 0 Å². The summed E-state index contributed by atoms with van der Waals surface area (Å²) in [5, 5.41) is 5.34. The van der Waals surface area contributed by atoms with Crippen LogP contribution in [-0.2, 0) is 19.3 Å². The summed E-state index contributed by atoms with van der Waals surface area (Å²) in [6.07, 6.45) is 10.4. The van der Waals surface area contributed by atoms with E-state index in [1.54, 1.807) is 0 Å². The van der Waals surface area contributed by atoms with Gasteiger partial charge < -0.3 is 0 Å². The first-order valence-electron chi connectivity index (χ1n) is 21.4. The number of hydrogen-bond donors (Lipinski definition) is 0. The molecule has 0 heteroatoms. The Hall–Kier alpha value is -5.72. The Morgan fingerprint density at radius 3 is 1.56 bits per heavy atom. The Morgan fingerprint density at radius 2 is 0.860 bits per heavy atom. The van der Waals surface area contributed by atoms with Crippen molar-refractivity contribution in [2.45, 2.75) is 75.5 Å². The summed E-state index contributed by atoms with van der Waals surface area (Å²) in [6.45, 7) is 0. The van der Waals surface area contributed by atoms with E-state index >= 15 is 0 Å². The minimum atomic E-state index is 0.332. The number of hydrogen-bond acceptors (Lipinski definition) is 0. The minimum absolute atomic E-state index is 0.332. The van der Waals surface area contributed by atoms with E-state index in [4.69, 9.17) is 0 Å². The quantitative estimate of drug-likeness (QED) is 0.0822. The molecule has 57 heavy (non-hydrogen) atoms. The van der Waals surface area contributed by atoms with Crippen molar-refractivity contribution in [2.75, 3.05) is 0 Å². The Bertz CT molecular complexity index is 2390. The molecule has 8 aromatic carbocycles. The van der Waals surface area contributed by atoms with Crippen molar-refractivity contribution in [3.63, 3.8) is 0 Å². The third-order valence-electron chi connectivity index (χ3n) is 12.6. The maximum atomic E-state index is 2.44. The van der Waals surface area contributed by atoms with Crippen LogP contribution in [0.4, 0.5) is 0 Å². The highest BCUT2D eigenvalue weighted by molar-refractivity contribution is 5.86. The van der Waals surface area contributed by atoms with Gasteiger partial charge in [-0.05, 0) is 130 Å². The van der Waals surface area contributed by atoms with E-state index in [2.05, 4.69) is 206 Å². The van der Waals surface area contributed by atoms with Crippen LogP contribution in [0.25, 0.3) is 21.5 Å². The standard InChI is InChI=1S/C57H56/c1-5-20-44(21-6-1)24-17-35-53(48-26-9-3-10-27-48)51(41-38-45-22-7-2-8-23-45)33-18-36-55(49-28-11-4-12-29-49)57(56-37-19-32-50-30-15-16-34-54(50)56)43-46-39-40-47-25-13-14-31-52(47)42-46/h1-16,19-23,25-32,34,37,39-40,42,51,53,55,57H,17-18,24,33,35-36,38,41,43H2. The molecule has 4 unspecified atom stereocenters. The Morgan fingerprint density at radius 1 is 0.316 bits per heavy atom. The largest absolute Gasteiger partial charge is 0.0622 e.